The summed E-state index contributed by atoms with van der Waals surface area (Å²) in [4.78, 5) is 26.3. The fraction of sp³-hybridized carbons (Fsp3) is 0.600. The molecule has 1 saturated heterocycles. The molecule has 0 saturated carbocycles. The molecule has 0 radical (unpaired) electrons. The van der Waals surface area contributed by atoms with Gasteiger partial charge in [-0.3, -0.25) is 9.59 Å². The van der Waals surface area contributed by atoms with Gasteiger partial charge in [0.1, 0.15) is 0 Å². The fourth-order valence-electron chi connectivity index (χ4n) is 3.31. The van der Waals surface area contributed by atoms with Gasteiger partial charge >= 0.3 is 0 Å². The normalized spacial score (nSPS) is 15.8. The minimum absolute atomic E-state index is 0.00626. The van der Waals surface area contributed by atoms with Crippen LogP contribution in [0.5, 0.6) is 0 Å². The summed E-state index contributed by atoms with van der Waals surface area (Å²) in [6, 6.07) is 6.78. The zero-order valence-electron chi connectivity index (χ0n) is 17.4. The SMILES string of the molecule is COCCCNC(=O)CN(C)C(=O)C1CCN(S(=O)(=O)c2ccc(C)cc2)CC1. The van der Waals surface area contributed by atoms with E-state index in [1.54, 1.807) is 38.4 Å². The van der Waals surface area contributed by atoms with Crippen molar-refractivity contribution in [2.45, 2.75) is 31.1 Å². The zero-order chi connectivity index (χ0) is 21.4. The molecule has 0 bridgehead atoms. The summed E-state index contributed by atoms with van der Waals surface area (Å²) in [5.41, 5.74) is 0.999. The lowest BCUT2D eigenvalue weighted by Crippen LogP contribution is -2.45. The van der Waals surface area contributed by atoms with Crippen molar-refractivity contribution >= 4 is 21.8 Å². The van der Waals surface area contributed by atoms with Crippen LogP contribution in [-0.4, -0.2) is 76.4 Å². The van der Waals surface area contributed by atoms with Crippen LogP contribution in [0.2, 0.25) is 0 Å². The van der Waals surface area contributed by atoms with Crippen LogP contribution in [-0.2, 0) is 24.3 Å². The summed E-state index contributed by atoms with van der Waals surface area (Å²) in [5.74, 6) is -0.605. The van der Waals surface area contributed by atoms with E-state index in [-0.39, 0.29) is 29.2 Å². The zero-order valence-corrected chi connectivity index (χ0v) is 18.2. The highest BCUT2D eigenvalue weighted by Gasteiger charge is 2.33. The molecule has 1 aromatic carbocycles. The van der Waals surface area contributed by atoms with Crippen LogP contribution in [0.1, 0.15) is 24.8 Å². The van der Waals surface area contributed by atoms with E-state index in [2.05, 4.69) is 5.32 Å². The first kappa shape index (κ1) is 23.3. The third kappa shape index (κ3) is 6.52. The molecule has 0 atom stereocenters. The van der Waals surface area contributed by atoms with Gasteiger partial charge in [-0.25, -0.2) is 8.42 Å². The van der Waals surface area contributed by atoms with E-state index in [0.29, 0.717) is 45.5 Å². The Morgan fingerprint density at radius 3 is 2.41 bits per heavy atom. The number of amides is 2. The van der Waals surface area contributed by atoms with Gasteiger partial charge in [0.25, 0.3) is 0 Å². The molecule has 29 heavy (non-hydrogen) atoms. The number of piperidine rings is 1. The Balaban J connectivity index is 1.84. The standard InChI is InChI=1S/C20H31N3O5S/c1-16-5-7-18(8-6-16)29(26,27)23-12-9-17(10-13-23)20(25)22(2)15-19(24)21-11-4-14-28-3/h5-8,17H,4,9-15H2,1-3H3,(H,21,24). The van der Waals surface area contributed by atoms with Crippen molar-refractivity contribution in [1.29, 1.82) is 0 Å². The van der Waals surface area contributed by atoms with Crippen molar-refractivity contribution in [3.8, 4) is 0 Å². The number of hydrogen-bond donors (Lipinski definition) is 1. The van der Waals surface area contributed by atoms with Gasteiger partial charge < -0.3 is 15.0 Å². The van der Waals surface area contributed by atoms with Gasteiger partial charge in [-0.2, -0.15) is 4.31 Å². The highest BCUT2D eigenvalue weighted by molar-refractivity contribution is 7.89. The van der Waals surface area contributed by atoms with Crippen LogP contribution in [0, 0.1) is 12.8 Å². The average Bonchev–Trinajstić information content (AvgIpc) is 2.71. The van der Waals surface area contributed by atoms with Crippen LogP contribution in [0.3, 0.4) is 0 Å². The third-order valence-corrected chi connectivity index (χ3v) is 6.98. The summed E-state index contributed by atoms with van der Waals surface area (Å²) < 4.78 is 31.9. The van der Waals surface area contributed by atoms with Crippen molar-refractivity contribution in [3.05, 3.63) is 29.8 Å². The van der Waals surface area contributed by atoms with Crippen molar-refractivity contribution in [2.75, 3.05) is 46.9 Å². The summed E-state index contributed by atoms with van der Waals surface area (Å²) in [6.45, 7) is 3.56. The first-order chi connectivity index (χ1) is 13.8. The fourth-order valence-corrected chi connectivity index (χ4v) is 4.78. The van der Waals surface area contributed by atoms with E-state index < -0.39 is 10.0 Å². The van der Waals surface area contributed by atoms with Crippen molar-refractivity contribution in [1.82, 2.24) is 14.5 Å². The molecular formula is C20H31N3O5S. The minimum atomic E-state index is -3.55. The van der Waals surface area contributed by atoms with E-state index in [1.807, 2.05) is 6.92 Å². The minimum Gasteiger partial charge on any atom is -0.385 e. The van der Waals surface area contributed by atoms with Crippen LogP contribution >= 0.6 is 0 Å². The highest BCUT2D eigenvalue weighted by Crippen LogP contribution is 2.25. The topological polar surface area (TPSA) is 96.0 Å². The molecule has 9 heteroatoms. The van der Waals surface area contributed by atoms with Gasteiger partial charge in [0.2, 0.25) is 21.8 Å². The molecule has 1 fully saturated rings. The number of carbonyl (C=O) groups excluding carboxylic acids is 2. The Kier molecular flexibility index (Phi) is 8.60. The number of nitrogens with one attached hydrogen (secondary N) is 1. The Morgan fingerprint density at radius 2 is 1.83 bits per heavy atom. The molecule has 2 rings (SSSR count). The van der Waals surface area contributed by atoms with E-state index >= 15 is 0 Å². The second-order valence-electron chi connectivity index (χ2n) is 7.38. The number of methoxy groups -OCH3 is 1. The molecule has 0 unspecified atom stereocenters. The smallest absolute Gasteiger partial charge is 0.243 e. The lowest BCUT2D eigenvalue weighted by Gasteiger charge is -2.32. The van der Waals surface area contributed by atoms with Gasteiger partial charge in [0.15, 0.2) is 0 Å². The first-order valence-corrected chi connectivity index (χ1v) is 11.3. The monoisotopic (exact) mass is 425 g/mol. The van der Waals surface area contributed by atoms with E-state index in [1.165, 1.54) is 9.21 Å². The van der Waals surface area contributed by atoms with E-state index in [0.717, 1.165) is 5.56 Å². The van der Waals surface area contributed by atoms with Gasteiger partial charge in [-0.05, 0) is 38.3 Å². The third-order valence-electron chi connectivity index (χ3n) is 5.07. The molecular weight excluding hydrogens is 394 g/mol. The maximum atomic E-state index is 12.8. The lowest BCUT2D eigenvalue weighted by molar-refractivity contribution is -0.139. The quantitative estimate of drug-likeness (QED) is 0.596. The predicted molar refractivity (Wildman–Crippen MR) is 110 cm³/mol. The number of benzene rings is 1. The maximum absolute atomic E-state index is 12.8. The molecule has 8 nitrogen and oxygen atoms in total. The number of aryl methyl sites for hydroxylation is 1. The van der Waals surface area contributed by atoms with Gasteiger partial charge in [-0.1, -0.05) is 17.7 Å². The summed E-state index contributed by atoms with van der Waals surface area (Å²) in [7, 11) is -0.342. The molecule has 1 aliphatic heterocycles. The molecule has 1 N–H and O–H groups in total. The number of likely N-dealkylation sites (N-methyl/N-ethyl adjacent to an activating group) is 1. The Bertz CT molecular complexity index is 787. The van der Waals surface area contributed by atoms with Gasteiger partial charge in [0.05, 0.1) is 11.4 Å². The highest BCUT2D eigenvalue weighted by atomic mass is 32.2. The van der Waals surface area contributed by atoms with Crippen LogP contribution < -0.4 is 5.32 Å². The Morgan fingerprint density at radius 1 is 1.21 bits per heavy atom. The maximum Gasteiger partial charge on any atom is 0.243 e. The molecule has 0 aliphatic carbocycles. The Hall–Kier alpha value is -1.97. The van der Waals surface area contributed by atoms with Crippen LogP contribution in [0.15, 0.2) is 29.2 Å². The second kappa shape index (κ2) is 10.7. The number of sulfonamides is 1. The molecule has 1 heterocycles. The average molecular weight is 426 g/mol. The summed E-state index contributed by atoms with van der Waals surface area (Å²) in [5, 5.41) is 2.75. The van der Waals surface area contributed by atoms with Crippen molar-refractivity contribution in [3.63, 3.8) is 0 Å². The molecule has 2 amide bonds. The number of ether oxygens (including phenoxy) is 1. The largest absolute Gasteiger partial charge is 0.385 e. The first-order valence-electron chi connectivity index (χ1n) is 9.83. The van der Waals surface area contributed by atoms with Gasteiger partial charge in [0, 0.05) is 46.3 Å². The number of rotatable bonds is 9. The molecule has 0 spiro atoms. The van der Waals surface area contributed by atoms with Crippen LogP contribution in [0.25, 0.3) is 0 Å². The summed E-state index contributed by atoms with van der Waals surface area (Å²) >= 11 is 0. The molecule has 0 aromatic heterocycles. The number of hydrogen-bond acceptors (Lipinski definition) is 5. The molecule has 162 valence electrons. The number of carbonyl (C=O) groups is 2. The number of nitrogens with zero attached hydrogens (tertiary/aromatic N) is 2. The Labute approximate surface area is 173 Å². The molecule has 1 aliphatic rings. The predicted octanol–water partition coefficient (Wildman–Crippen LogP) is 1.01. The molecule has 1 aromatic rings. The van der Waals surface area contributed by atoms with Crippen LogP contribution in [0.4, 0.5) is 0 Å². The van der Waals surface area contributed by atoms with E-state index in [4.69, 9.17) is 4.74 Å². The van der Waals surface area contributed by atoms with Crippen molar-refractivity contribution < 1.29 is 22.7 Å². The van der Waals surface area contributed by atoms with Gasteiger partial charge in [-0.15, -0.1) is 0 Å². The second-order valence-corrected chi connectivity index (χ2v) is 9.32. The van der Waals surface area contributed by atoms with Crippen molar-refractivity contribution in [2.24, 2.45) is 5.92 Å². The van der Waals surface area contributed by atoms with E-state index in [9.17, 15) is 18.0 Å². The summed E-state index contributed by atoms with van der Waals surface area (Å²) in [6.07, 6.45) is 1.61. The lowest BCUT2D eigenvalue weighted by atomic mass is 9.96.